The average Bonchev–Trinajstić information content (AvgIpc) is 3.65. The predicted molar refractivity (Wildman–Crippen MR) is 138 cm³/mol. The molecule has 0 aromatic heterocycles. The largest absolute Gasteiger partial charge is 0.447 e. The predicted octanol–water partition coefficient (Wildman–Crippen LogP) is 4.07. The van der Waals surface area contributed by atoms with E-state index in [1.807, 2.05) is 38.1 Å². The highest BCUT2D eigenvalue weighted by Crippen LogP contribution is 2.53. The van der Waals surface area contributed by atoms with Gasteiger partial charge in [-0.15, -0.1) is 0 Å². The van der Waals surface area contributed by atoms with Crippen LogP contribution in [0.3, 0.4) is 0 Å². The monoisotopic (exact) mass is 518 g/mol. The number of amides is 2. The third-order valence-corrected chi connectivity index (χ3v) is 8.25. The van der Waals surface area contributed by atoms with E-state index in [2.05, 4.69) is 5.32 Å². The number of benzene rings is 2. The fraction of sp³-hybridized carbons (Fsp3) is 0.433. The Morgan fingerprint density at radius 1 is 1.13 bits per heavy atom. The van der Waals surface area contributed by atoms with Crippen LogP contribution in [0.5, 0.6) is 0 Å². The molecule has 0 unspecified atom stereocenters. The highest BCUT2D eigenvalue weighted by molar-refractivity contribution is 6.03. The molecule has 6 rings (SSSR count). The molecule has 198 valence electrons. The lowest BCUT2D eigenvalue weighted by atomic mass is 9.77. The number of nitrogens with zero attached hydrogens (tertiary/aromatic N) is 1. The van der Waals surface area contributed by atoms with Crippen molar-refractivity contribution >= 4 is 23.5 Å². The van der Waals surface area contributed by atoms with Gasteiger partial charge in [0.15, 0.2) is 0 Å². The van der Waals surface area contributed by atoms with Gasteiger partial charge in [0.2, 0.25) is 12.0 Å². The second-order valence-electron chi connectivity index (χ2n) is 11.0. The van der Waals surface area contributed by atoms with E-state index in [1.165, 1.54) is 18.2 Å². The van der Waals surface area contributed by atoms with E-state index in [-0.39, 0.29) is 24.1 Å². The van der Waals surface area contributed by atoms with E-state index in [0.29, 0.717) is 0 Å². The minimum Gasteiger partial charge on any atom is -0.447 e. The van der Waals surface area contributed by atoms with Gasteiger partial charge < -0.3 is 19.7 Å². The molecule has 5 atom stereocenters. The molecule has 38 heavy (non-hydrogen) atoms. The molecule has 2 aromatic rings. The number of halogens is 1. The maximum atomic E-state index is 14.8. The van der Waals surface area contributed by atoms with E-state index in [1.54, 1.807) is 17.0 Å². The molecule has 7 nitrogen and oxygen atoms in total. The smallest absolute Gasteiger partial charge is 0.314 e. The number of carbonyl (C=O) groups is 3. The Balaban J connectivity index is 1.28. The van der Waals surface area contributed by atoms with Crippen LogP contribution < -0.4 is 10.2 Å². The Kier molecular flexibility index (Phi) is 6.10. The summed E-state index contributed by atoms with van der Waals surface area (Å²) in [6.07, 6.45) is 5.23. The normalized spacial score (nSPS) is 28.6. The van der Waals surface area contributed by atoms with Crippen molar-refractivity contribution in [1.29, 1.82) is 0 Å². The summed E-state index contributed by atoms with van der Waals surface area (Å²) in [5.41, 5.74) is 1.85. The summed E-state index contributed by atoms with van der Waals surface area (Å²) in [5.74, 6) is -3.87. The van der Waals surface area contributed by atoms with Crippen LogP contribution in [0, 0.1) is 31.5 Å². The van der Waals surface area contributed by atoms with Crippen molar-refractivity contribution in [3.05, 3.63) is 77.1 Å². The van der Waals surface area contributed by atoms with E-state index in [9.17, 15) is 18.8 Å². The summed E-state index contributed by atoms with van der Waals surface area (Å²) < 4.78 is 26.8. The number of carbonyl (C=O) groups excluding carboxylic acids is 3. The first-order valence-electron chi connectivity index (χ1n) is 13.3. The molecule has 1 N–H and O–H groups in total. The summed E-state index contributed by atoms with van der Waals surface area (Å²) in [5, 5.41) is 2.92. The van der Waals surface area contributed by atoms with Gasteiger partial charge in [0.25, 0.3) is 5.91 Å². The van der Waals surface area contributed by atoms with Gasteiger partial charge in [-0.25, -0.2) is 4.39 Å². The highest BCUT2D eigenvalue weighted by Gasteiger charge is 2.67. The lowest BCUT2D eigenvalue weighted by Gasteiger charge is -2.26. The number of hydrogen-bond donors (Lipinski definition) is 1. The molecule has 2 aromatic carbocycles. The third-order valence-electron chi connectivity index (χ3n) is 8.25. The fourth-order valence-corrected chi connectivity index (χ4v) is 6.58. The van der Waals surface area contributed by atoms with Crippen LogP contribution in [0.2, 0.25) is 0 Å². The summed E-state index contributed by atoms with van der Waals surface area (Å²) in [4.78, 5) is 42.4. The van der Waals surface area contributed by atoms with Crippen LogP contribution >= 0.6 is 0 Å². The average molecular weight is 519 g/mol. The second-order valence-corrected chi connectivity index (χ2v) is 11.0. The molecule has 1 saturated carbocycles. The maximum absolute atomic E-state index is 14.8. The zero-order chi connectivity index (χ0) is 26.6. The number of hydrogen-bond acceptors (Lipinski definition) is 5. The van der Waals surface area contributed by atoms with E-state index in [0.717, 1.165) is 42.5 Å². The van der Waals surface area contributed by atoms with Gasteiger partial charge in [-0.3, -0.25) is 14.4 Å². The summed E-state index contributed by atoms with van der Waals surface area (Å²) in [6, 6.07) is 11.7. The maximum Gasteiger partial charge on any atom is 0.314 e. The number of ether oxygens (including phenoxy) is 2. The topological polar surface area (TPSA) is 84.9 Å². The molecule has 4 aliphatic rings. The number of fused-ring (bicyclic) bond motifs is 1. The van der Waals surface area contributed by atoms with Crippen molar-refractivity contribution in [2.75, 3.05) is 11.4 Å². The Morgan fingerprint density at radius 3 is 2.55 bits per heavy atom. The zero-order valence-corrected chi connectivity index (χ0v) is 21.5. The lowest BCUT2D eigenvalue weighted by molar-refractivity contribution is -0.163. The Bertz CT molecular complexity index is 1320. The van der Waals surface area contributed by atoms with Crippen molar-refractivity contribution < 1.29 is 28.2 Å². The van der Waals surface area contributed by atoms with Gasteiger partial charge in [0.05, 0.1) is 18.6 Å². The molecule has 8 heteroatoms. The summed E-state index contributed by atoms with van der Waals surface area (Å²) in [7, 11) is 0. The molecule has 1 spiro atoms. The van der Waals surface area contributed by atoms with E-state index >= 15 is 0 Å². The Hall–Kier alpha value is -3.52. The number of anilines is 1. The molecule has 2 bridgehead atoms. The summed E-state index contributed by atoms with van der Waals surface area (Å²) >= 11 is 0. The van der Waals surface area contributed by atoms with Crippen LogP contribution in [-0.4, -0.2) is 42.1 Å². The third kappa shape index (κ3) is 4.11. The van der Waals surface area contributed by atoms with Crippen molar-refractivity contribution in [1.82, 2.24) is 5.32 Å². The number of esters is 1. The van der Waals surface area contributed by atoms with Crippen molar-refractivity contribution in [2.45, 2.75) is 63.4 Å². The number of nitrogens with one attached hydrogen (secondary N) is 1. The molecule has 3 aliphatic heterocycles. The van der Waals surface area contributed by atoms with Gasteiger partial charge in [-0.2, -0.15) is 0 Å². The van der Waals surface area contributed by atoms with Gasteiger partial charge in [0.1, 0.15) is 17.3 Å². The molecule has 0 radical (unpaired) electrons. The molecular formula is C30H31FN2O5. The van der Waals surface area contributed by atoms with Crippen molar-refractivity contribution in [3.63, 3.8) is 0 Å². The SMILES string of the molecule is Cc1cc(C)cc(N2C[C@@]34C=C[C@@H](O3)[C@H](C(=O)O[C@@H](C(=O)NC3CCCC3)c3ccccc3F)[C@H]4C2=O)c1. The highest BCUT2D eigenvalue weighted by atomic mass is 19.1. The van der Waals surface area contributed by atoms with Crippen molar-refractivity contribution in [3.8, 4) is 0 Å². The molecule has 1 aliphatic carbocycles. The first-order chi connectivity index (χ1) is 18.3. The minimum absolute atomic E-state index is 0.0136. The molecule has 3 heterocycles. The standard InChI is InChI=1S/C30H31FN2O5/c1-17-13-18(2)15-20(14-17)33-16-30-12-11-23(38-30)24(25(30)28(33)35)29(36)37-26(21-9-5-6-10-22(21)31)27(34)32-19-7-3-4-8-19/h5-6,9-15,19,23-26H,3-4,7-8,16H2,1-2H3,(H,32,34)/t23-,24+,25+,26-,30-/m1/s1. The quantitative estimate of drug-likeness (QED) is 0.460. The zero-order valence-electron chi connectivity index (χ0n) is 21.5. The Labute approximate surface area is 221 Å². The van der Waals surface area contributed by atoms with Gasteiger partial charge in [0, 0.05) is 17.3 Å². The molecule has 3 fully saturated rings. The Morgan fingerprint density at radius 2 is 1.84 bits per heavy atom. The lowest BCUT2D eigenvalue weighted by Crippen LogP contribution is -2.43. The minimum atomic E-state index is -1.46. The van der Waals surface area contributed by atoms with Crippen LogP contribution in [0.25, 0.3) is 0 Å². The first kappa shape index (κ1) is 24.8. The van der Waals surface area contributed by atoms with Gasteiger partial charge >= 0.3 is 5.97 Å². The molecule has 2 saturated heterocycles. The number of aryl methyl sites for hydroxylation is 2. The van der Waals surface area contributed by atoms with Crippen LogP contribution in [0.4, 0.5) is 10.1 Å². The second kappa shape index (κ2) is 9.34. The van der Waals surface area contributed by atoms with Gasteiger partial charge in [-0.05, 0) is 56.0 Å². The van der Waals surface area contributed by atoms with Crippen LogP contribution in [-0.2, 0) is 23.9 Å². The van der Waals surface area contributed by atoms with E-state index < -0.39 is 47.3 Å². The number of rotatable bonds is 6. The van der Waals surface area contributed by atoms with Crippen LogP contribution in [0.15, 0.2) is 54.6 Å². The van der Waals surface area contributed by atoms with Crippen LogP contribution in [0.1, 0.15) is 48.5 Å². The van der Waals surface area contributed by atoms with Gasteiger partial charge in [-0.1, -0.05) is 49.3 Å². The first-order valence-corrected chi connectivity index (χ1v) is 13.3. The summed E-state index contributed by atoms with van der Waals surface area (Å²) in [6.45, 7) is 4.23. The molecular weight excluding hydrogens is 487 g/mol. The molecule has 2 amide bonds. The van der Waals surface area contributed by atoms with E-state index in [4.69, 9.17) is 9.47 Å². The van der Waals surface area contributed by atoms with Crippen molar-refractivity contribution in [2.24, 2.45) is 11.8 Å². The fourth-order valence-electron chi connectivity index (χ4n) is 6.58.